The molecule has 0 fully saturated rings. The van der Waals surface area contributed by atoms with E-state index in [2.05, 4.69) is 10.3 Å². The van der Waals surface area contributed by atoms with Crippen LogP contribution in [0.15, 0.2) is 54.6 Å². The number of anilines is 2. The summed E-state index contributed by atoms with van der Waals surface area (Å²) in [5.74, 6) is -0.328. The van der Waals surface area contributed by atoms with Crippen molar-refractivity contribution in [2.45, 2.75) is 6.92 Å². The highest BCUT2D eigenvalue weighted by Gasteiger charge is 2.09. The summed E-state index contributed by atoms with van der Waals surface area (Å²) < 4.78 is 0. The van der Waals surface area contributed by atoms with Crippen molar-refractivity contribution in [3.05, 3.63) is 65.9 Å². The van der Waals surface area contributed by atoms with Crippen molar-refractivity contribution < 1.29 is 9.90 Å². The molecule has 0 saturated heterocycles. The van der Waals surface area contributed by atoms with E-state index in [1.165, 1.54) is 0 Å². The zero-order chi connectivity index (χ0) is 14.8. The van der Waals surface area contributed by atoms with Crippen LogP contribution in [0.5, 0.6) is 0 Å². The summed E-state index contributed by atoms with van der Waals surface area (Å²) in [7, 11) is 0. The first-order valence-electron chi connectivity index (χ1n) is 6.61. The van der Waals surface area contributed by atoms with Gasteiger partial charge in [0.1, 0.15) is 5.82 Å². The third kappa shape index (κ3) is 2.56. The Hall–Kier alpha value is -2.88. The third-order valence-corrected chi connectivity index (χ3v) is 3.37. The molecule has 3 aromatic rings. The Bertz CT molecular complexity index is 823. The van der Waals surface area contributed by atoms with Gasteiger partial charge in [0, 0.05) is 11.1 Å². The van der Waals surface area contributed by atoms with Crippen molar-refractivity contribution in [2.75, 3.05) is 5.32 Å². The highest BCUT2D eigenvalue weighted by molar-refractivity contribution is 5.95. The molecule has 1 heterocycles. The van der Waals surface area contributed by atoms with Gasteiger partial charge >= 0.3 is 5.97 Å². The Balaban J connectivity index is 1.99. The minimum atomic E-state index is -0.961. The molecule has 0 bridgehead atoms. The molecule has 0 unspecified atom stereocenters. The zero-order valence-electron chi connectivity index (χ0n) is 11.5. The molecule has 0 aliphatic rings. The molecule has 104 valence electrons. The third-order valence-electron chi connectivity index (χ3n) is 3.37. The number of aromatic carboxylic acids is 1. The number of aryl methyl sites for hydroxylation is 1. The van der Waals surface area contributed by atoms with Gasteiger partial charge in [-0.2, -0.15) is 0 Å². The van der Waals surface area contributed by atoms with Gasteiger partial charge in [-0.3, -0.25) is 0 Å². The van der Waals surface area contributed by atoms with Crippen molar-refractivity contribution in [1.29, 1.82) is 0 Å². The van der Waals surface area contributed by atoms with Gasteiger partial charge in [-0.05, 0) is 30.5 Å². The highest BCUT2D eigenvalue weighted by atomic mass is 16.4. The predicted molar refractivity (Wildman–Crippen MR) is 83.2 cm³/mol. The van der Waals surface area contributed by atoms with Gasteiger partial charge < -0.3 is 10.4 Å². The minimum absolute atomic E-state index is 0.221. The zero-order valence-corrected chi connectivity index (χ0v) is 11.5. The summed E-state index contributed by atoms with van der Waals surface area (Å²) in [6.45, 7) is 1.69. The van der Waals surface area contributed by atoms with E-state index < -0.39 is 5.97 Å². The fourth-order valence-corrected chi connectivity index (χ4v) is 2.33. The second-order valence-corrected chi connectivity index (χ2v) is 4.79. The van der Waals surface area contributed by atoms with Crippen molar-refractivity contribution in [3.63, 3.8) is 0 Å². The molecule has 4 nitrogen and oxygen atoms in total. The lowest BCUT2D eigenvalue weighted by molar-refractivity contribution is 0.0695. The second-order valence-electron chi connectivity index (χ2n) is 4.79. The number of carboxylic acid groups (broad SMARTS) is 1. The first-order chi connectivity index (χ1) is 10.1. The molecule has 0 atom stereocenters. The molecule has 0 spiro atoms. The molecule has 4 heteroatoms. The normalized spacial score (nSPS) is 10.5. The number of hydrogen-bond acceptors (Lipinski definition) is 3. The van der Waals surface area contributed by atoms with Gasteiger partial charge in [0.05, 0.1) is 11.3 Å². The van der Waals surface area contributed by atoms with E-state index in [0.717, 1.165) is 16.5 Å². The monoisotopic (exact) mass is 278 g/mol. The maximum atomic E-state index is 11.0. The van der Waals surface area contributed by atoms with Gasteiger partial charge in [-0.15, -0.1) is 0 Å². The Morgan fingerprint density at radius 2 is 1.81 bits per heavy atom. The van der Waals surface area contributed by atoms with Crippen molar-refractivity contribution in [2.24, 2.45) is 0 Å². The topological polar surface area (TPSA) is 62.2 Å². The van der Waals surface area contributed by atoms with Crippen LogP contribution < -0.4 is 5.32 Å². The number of carbonyl (C=O) groups is 1. The smallest absolute Gasteiger partial charge is 0.337 e. The van der Waals surface area contributed by atoms with E-state index in [1.54, 1.807) is 19.1 Å². The lowest BCUT2D eigenvalue weighted by Crippen LogP contribution is -2.03. The molecule has 0 aliphatic heterocycles. The molecule has 2 aromatic carbocycles. The average molecular weight is 278 g/mol. The summed E-state index contributed by atoms with van der Waals surface area (Å²) >= 11 is 0. The lowest BCUT2D eigenvalue weighted by Gasteiger charge is -2.10. The lowest BCUT2D eigenvalue weighted by atomic mass is 10.1. The van der Waals surface area contributed by atoms with Crippen LogP contribution in [-0.2, 0) is 0 Å². The maximum absolute atomic E-state index is 11.0. The minimum Gasteiger partial charge on any atom is -0.478 e. The van der Waals surface area contributed by atoms with Gasteiger partial charge in [-0.25, -0.2) is 9.78 Å². The first-order valence-corrected chi connectivity index (χ1v) is 6.61. The molecule has 0 radical (unpaired) electrons. The Morgan fingerprint density at radius 1 is 1.05 bits per heavy atom. The molecule has 1 aromatic heterocycles. The number of benzene rings is 2. The first kappa shape index (κ1) is 13.1. The van der Waals surface area contributed by atoms with E-state index >= 15 is 0 Å². The number of hydrogen-bond donors (Lipinski definition) is 2. The second kappa shape index (κ2) is 5.25. The van der Waals surface area contributed by atoms with Crippen LogP contribution in [0.4, 0.5) is 11.5 Å². The predicted octanol–water partition coefficient (Wildman–Crippen LogP) is 3.99. The number of nitrogens with one attached hydrogen (secondary N) is 1. The summed E-state index contributed by atoms with van der Waals surface area (Å²) in [4.78, 5) is 15.3. The van der Waals surface area contributed by atoms with Crippen LogP contribution in [-0.4, -0.2) is 16.1 Å². The van der Waals surface area contributed by atoms with Crippen LogP contribution in [0.25, 0.3) is 10.8 Å². The quantitative estimate of drug-likeness (QED) is 0.760. The number of rotatable bonds is 3. The maximum Gasteiger partial charge on any atom is 0.337 e. The molecule has 0 saturated carbocycles. The molecule has 21 heavy (non-hydrogen) atoms. The molecule has 3 rings (SSSR count). The largest absolute Gasteiger partial charge is 0.478 e. The van der Waals surface area contributed by atoms with Gasteiger partial charge in [0.25, 0.3) is 0 Å². The summed E-state index contributed by atoms with van der Waals surface area (Å²) in [5, 5.41) is 14.5. The summed E-state index contributed by atoms with van der Waals surface area (Å²) in [6.07, 6.45) is 0. The van der Waals surface area contributed by atoms with Crippen molar-refractivity contribution in [1.82, 2.24) is 4.98 Å². The van der Waals surface area contributed by atoms with Crippen LogP contribution in [0.3, 0.4) is 0 Å². The number of pyridine rings is 1. The van der Waals surface area contributed by atoms with Crippen LogP contribution in [0.1, 0.15) is 16.1 Å². The SMILES string of the molecule is Cc1nc(Nc2cccc3ccccc23)ccc1C(=O)O. The van der Waals surface area contributed by atoms with Crippen molar-refractivity contribution >= 4 is 28.2 Å². The van der Waals surface area contributed by atoms with Gasteiger partial charge in [-0.1, -0.05) is 36.4 Å². The van der Waals surface area contributed by atoms with Crippen molar-refractivity contribution in [3.8, 4) is 0 Å². The Labute approximate surface area is 122 Å². The fourth-order valence-electron chi connectivity index (χ4n) is 2.33. The van der Waals surface area contributed by atoms with E-state index in [-0.39, 0.29) is 5.56 Å². The summed E-state index contributed by atoms with van der Waals surface area (Å²) in [6, 6.07) is 17.3. The molecular weight excluding hydrogens is 264 g/mol. The van der Waals surface area contributed by atoms with E-state index in [9.17, 15) is 4.79 Å². The molecule has 0 aliphatic carbocycles. The summed E-state index contributed by atoms with van der Waals surface area (Å²) in [5.41, 5.74) is 1.66. The number of nitrogens with zero attached hydrogens (tertiary/aromatic N) is 1. The average Bonchev–Trinajstić information content (AvgIpc) is 2.47. The number of aromatic nitrogens is 1. The van der Waals surface area contributed by atoms with E-state index in [4.69, 9.17) is 5.11 Å². The molecular formula is C17H14N2O2. The highest BCUT2D eigenvalue weighted by Crippen LogP contribution is 2.25. The Kier molecular flexibility index (Phi) is 3.28. The number of carboxylic acids is 1. The molecule has 2 N–H and O–H groups in total. The number of fused-ring (bicyclic) bond motifs is 1. The molecule has 0 amide bonds. The van der Waals surface area contributed by atoms with E-state index in [0.29, 0.717) is 11.5 Å². The Morgan fingerprint density at radius 3 is 2.57 bits per heavy atom. The van der Waals surface area contributed by atoms with Crippen LogP contribution >= 0.6 is 0 Å². The fraction of sp³-hybridized carbons (Fsp3) is 0.0588. The standard InChI is InChI=1S/C17H14N2O2/c1-11-13(17(20)21)9-10-16(18-11)19-15-8-4-6-12-5-2-3-7-14(12)15/h2-10H,1H3,(H,18,19)(H,20,21). The van der Waals surface area contributed by atoms with E-state index in [1.807, 2.05) is 42.5 Å². The van der Waals surface area contributed by atoms with Crippen LogP contribution in [0, 0.1) is 6.92 Å². The van der Waals surface area contributed by atoms with Gasteiger partial charge in [0.2, 0.25) is 0 Å². The van der Waals surface area contributed by atoms with Crippen LogP contribution in [0.2, 0.25) is 0 Å². The van der Waals surface area contributed by atoms with Gasteiger partial charge in [0.15, 0.2) is 0 Å².